The summed E-state index contributed by atoms with van der Waals surface area (Å²) in [7, 11) is 2.44. The smallest absolute Gasteiger partial charge is 0.186 e. The van der Waals surface area contributed by atoms with Gasteiger partial charge in [-0.2, -0.15) is 0 Å². The number of aliphatic imine (C=N–C) groups is 1. The summed E-state index contributed by atoms with van der Waals surface area (Å²) < 4.78 is 1.13. The van der Waals surface area contributed by atoms with Crippen LogP contribution < -0.4 is 23.9 Å². The molecule has 0 atom stereocenters. The zero-order valence-corrected chi connectivity index (χ0v) is 30.5. The summed E-state index contributed by atoms with van der Waals surface area (Å²) in [5.41, 5.74) is 11.2. The molecule has 42 heavy (non-hydrogen) atoms. The Hall–Kier alpha value is -0.190. The standard InChI is InChI=1S/C36H77N4.2ClH/c1-4-6-8-10-12-14-16-18-20-22-24-26-28-30-33-40(3,35-32-39-36(37)38)34-31-29-27-25-23-21-19-17-15-13-11-9-7-5-2;;/h4-35H2,1-3H3,(H4,37,38,39);2*1H/q+1;;/p-1. The van der Waals surface area contributed by atoms with Crippen molar-refractivity contribution in [3.8, 4) is 0 Å². The highest BCUT2D eigenvalue weighted by molar-refractivity contribution is 5.85. The van der Waals surface area contributed by atoms with Gasteiger partial charge in [-0.1, -0.05) is 168 Å². The molecule has 0 saturated heterocycles. The number of likely N-dealkylation sites (N-methyl/N-ethyl adjacent to an activating group) is 1. The fourth-order valence-electron chi connectivity index (χ4n) is 6.13. The number of rotatable bonds is 33. The van der Waals surface area contributed by atoms with Gasteiger partial charge >= 0.3 is 0 Å². The highest BCUT2D eigenvalue weighted by Gasteiger charge is 2.20. The molecule has 0 heterocycles. The minimum absolute atomic E-state index is 0. The first-order chi connectivity index (χ1) is 19.5. The third-order valence-electron chi connectivity index (χ3n) is 9.04. The lowest BCUT2D eigenvalue weighted by Crippen LogP contribution is -3.00. The summed E-state index contributed by atoms with van der Waals surface area (Å²) in [4.78, 5) is 4.30. The van der Waals surface area contributed by atoms with Crippen molar-refractivity contribution in [2.24, 2.45) is 16.5 Å². The molecule has 0 unspecified atom stereocenters. The van der Waals surface area contributed by atoms with Gasteiger partial charge in [0, 0.05) is 0 Å². The minimum Gasteiger partial charge on any atom is -1.00 e. The van der Waals surface area contributed by atoms with Crippen LogP contribution in [-0.2, 0) is 0 Å². The Kier molecular flexibility index (Phi) is 40.7. The second-order valence-corrected chi connectivity index (χ2v) is 13.3. The molecule has 0 fully saturated rings. The van der Waals surface area contributed by atoms with E-state index in [0.717, 1.165) is 17.6 Å². The molecule has 0 radical (unpaired) electrons. The second-order valence-electron chi connectivity index (χ2n) is 13.3. The van der Waals surface area contributed by atoms with E-state index in [2.05, 4.69) is 25.9 Å². The van der Waals surface area contributed by atoms with Crippen molar-refractivity contribution in [3.63, 3.8) is 0 Å². The largest absolute Gasteiger partial charge is 1.00 e. The Morgan fingerprint density at radius 2 is 0.667 bits per heavy atom. The molecular formula is C36H78Cl2N4. The van der Waals surface area contributed by atoms with Gasteiger partial charge in [-0.05, 0) is 25.7 Å². The van der Waals surface area contributed by atoms with E-state index in [1.54, 1.807) is 0 Å². The maximum atomic E-state index is 5.60. The normalized spacial score (nSPS) is 11.2. The lowest BCUT2D eigenvalue weighted by atomic mass is 10.0. The van der Waals surface area contributed by atoms with E-state index in [-0.39, 0.29) is 30.8 Å². The molecule has 0 rings (SSSR count). The number of unbranched alkanes of at least 4 members (excludes halogenated alkanes) is 26. The van der Waals surface area contributed by atoms with E-state index in [1.807, 2.05) is 0 Å². The Morgan fingerprint density at radius 3 is 0.905 bits per heavy atom. The van der Waals surface area contributed by atoms with Crippen LogP contribution in [0.15, 0.2) is 4.99 Å². The van der Waals surface area contributed by atoms with Gasteiger partial charge in [-0.25, -0.2) is 4.99 Å². The lowest BCUT2D eigenvalue weighted by Gasteiger charge is -2.34. The van der Waals surface area contributed by atoms with Gasteiger partial charge in [0.15, 0.2) is 5.96 Å². The summed E-state index contributed by atoms with van der Waals surface area (Å²) in [5.74, 6) is 0.236. The monoisotopic (exact) mass is 637 g/mol. The van der Waals surface area contributed by atoms with Crippen molar-refractivity contribution in [1.82, 2.24) is 0 Å². The molecule has 0 aromatic rings. The van der Waals surface area contributed by atoms with Crippen LogP contribution >= 0.6 is 12.4 Å². The number of nitrogens with zero attached hydrogens (tertiary/aromatic N) is 2. The van der Waals surface area contributed by atoms with Crippen LogP contribution in [0.2, 0.25) is 0 Å². The Labute approximate surface area is 277 Å². The summed E-state index contributed by atoms with van der Waals surface area (Å²) in [5, 5.41) is 0. The van der Waals surface area contributed by atoms with Gasteiger partial charge in [0.1, 0.15) is 0 Å². The molecular weight excluding hydrogens is 559 g/mol. The first-order valence-corrected chi connectivity index (χ1v) is 18.4. The maximum absolute atomic E-state index is 5.60. The topological polar surface area (TPSA) is 64.4 Å². The first kappa shape index (κ1) is 46.2. The summed E-state index contributed by atoms with van der Waals surface area (Å²) in [6.07, 6.45) is 39.9. The molecule has 0 aliphatic rings. The predicted molar refractivity (Wildman–Crippen MR) is 189 cm³/mol. The predicted octanol–water partition coefficient (Wildman–Crippen LogP) is 8.09. The Morgan fingerprint density at radius 1 is 0.429 bits per heavy atom. The van der Waals surface area contributed by atoms with Crippen molar-refractivity contribution < 1.29 is 16.9 Å². The van der Waals surface area contributed by atoms with Crippen LogP contribution in [0.4, 0.5) is 0 Å². The van der Waals surface area contributed by atoms with Crippen LogP contribution in [0.3, 0.4) is 0 Å². The van der Waals surface area contributed by atoms with Crippen molar-refractivity contribution in [3.05, 3.63) is 0 Å². The summed E-state index contributed by atoms with van der Waals surface area (Å²) in [6, 6.07) is 0. The van der Waals surface area contributed by atoms with Crippen LogP contribution in [0.25, 0.3) is 0 Å². The maximum Gasteiger partial charge on any atom is 0.186 e. The average Bonchev–Trinajstić information content (AvgIpc) is 2.93. The number of hydrogen-bond acceptors (Lipinski definition) is 1. The molecule has 6 heteroatoms. The molecule has 256 valence electrons. The first-order valence-electron chi connectivity index (χ1n) is 18.4. The molecule has 0 aliphatic carbocycles. The van der Waals surface area contributed by atoms with Crippen LogP contribution in [0.1, 0.15) is 194 Å². The molecule has 0 amide bonds. The minimum atomic E-state index is 0. The number of nitrogens with two attached hydrogens (primary N) is 2. The molecule has 0 aromatic carbocycles. The molecule has 0 saturated carbocycles. The zero-order chi connectivity index (χ0) is 29.4. The quantitative estimate of drug-likeness (QED) is 0.0331. The van der Waals surface area contributed by atoms with Crippen molar-refractivity contribution >= 4 is 18.4 Å². The van der Waals surface area contributed by atoms with Crippen LogP contribution in [0.5, 0.6) is 0 Å². The van der Waals surface area contributed by atoms with E-state index >= 15 is 0 Å². The molecule has 0 bridgehead atoms. The number of hydrogen-bond donors (Lipinski definition) is 2. The summed E-state index contributed by atoms with van der Waals surface area (Å²) in [6.45, 7) is 8.97. The zero-order valence-electron chi connectivity index (χ0n) is 29.0. The van der Waals surface area contributed by atoms with E-state index in [4.69, 9.17) is 11.5 Å². The van der Waals surface area contributed by atoms with Gasteiger partial charge in [0.05, 0.1) is 33.2 Å². The third kappa shape index (κ3) is 36.0. The highest BCUT2D eigenvalue weighted by Crippen LogP contribution is 2.16. The number of guanidine groups is 1. The third-order valence-corrected chi connectivity index (χ3v) is 9.04. The average molecular weight is 638 g/mol. The Balaban J connectivity index is -0.00000760. The molecule has 0 spiro atoms. The van der Waals surface area contributed by atoms with Crippen molar-refractivity contribution in [2.45, 2.75) is 194 Å². The molecule has 0 aromatic heterocycles. The molecule has 4 N–H and O–H groups in total. The Bertz CT molecular complexity index is 495. The van der Waals surface area contributed by atoms with Gasteiger partial charge in [-0.15, -0.1) is 12.4 Å². The van der Waals surface area contributed by atoms with E-state index in [0.29, 0.717) is 0 Å². The van der Waals surface area contributed by atoms with Gasteiger partial charge in [-0.3, -0.25) is 0 Å². The van der Waals surface area contributed by atoms with E-state index in [9.17, 15) is 0 Å². The number of quaternary nitrogens is 1. The van der Waals surface area contributed by atoms with Crippen LogP contribution in [0, 0.1) is 0 Å². The lowest BCUT2D eigenvalue weighted by molar-refractivity contribution is -0.908. The van der Waals surface area contributed by atoms with E-state index < -0.39 is 0 Å². The SMILES string of the molecule is CCCCCCCCCCCCCCCC[N+](C)(CCCCCCCCCCCCCCCC)CCN=C(N)N.Cl.[Cl-]. The van der Waals surface area contributed by atoms with Gasteiger partial charge in [0.25, 0.3) is 0 Å². The van der Waals surface area contributed by atoms with Gasteiger partial charge in [0.2, 0.25) is 0 Å². The van der Waals surface area contributed by atoms with E-state index in [1.165, 1.54) is 193 Å². The fraction of sp³-hybridized carbons (Fsp3) is 0.972. The van der Waals surface area contributed by atoms with Crippen molar-refractivity contribution in [1.29, 1.82) is 0 Å². The number of halogens is 2. The van der Waals surface area contributed by atoms with Crippen LogP contribution in [-0.4, -0.2) is 43.7 Å². The fourth-order valence-corrected chi connectivity index (χ4v) is 6.13. The summed E-state index contributed by atoms with van der Waals surface area (Å²) >= 11 is 0. The molecule has 0 aliphatic heterocycles. The second kappa shape index (κ2) is 37.0. The van der Waals surface area contributed by atoms with Gasteiger partial charge < -0.3 is 28.4 Å². The highest BCUT2D eigenvalue weighted by atomic mass is 35.5. The van der Waals surface area contributed by atoms with Crippen molar-refractivity contribution in [2.75, 3.05) is 33.2 Å². The molecule has 4 nitrogen and oxygen atoms in total.